The minimum atomic E-state index is -1.29. The van der Waals surface area contributed by atoms with Gasteiger partial charge in [0.2, 0.25) is 0 Å². The number of carbonyl (C=O) groups excluding carboxylic acids is 3. The third kappa shape index (κ3) is 5.77. The fourth-order valence-electron chi connectivity index (χ4n) is 8.05. The summed E-state index contributed by atoms with van der Waals surface area (Å²) < 4.78 is 38.8. The molecule has 3 aliphatic rings. The molecular formula is C35H44O9. The number of carbonyl (C=O) groups is 3. The number of hydrogen-bond acceptors (Lipinski definition) is 9. The van der Waals surface area contributed by atoms with Crippen molar-refractivity contribution in [3.63, 3.8) is 0 Å². The highest BCUT2D eigenvalue weighted by Crippen LogP contribution is 2.68. The zero-order valence-corrected chi connectivity index (χ0v) is 26.4. The molecule has 0 unspecified atom stereocenters. The second-order valence-corrected chi connectivity index (χ2v) is 13.0. The number of esters is 3. The number of benzene rings is 2. The van der Waals surface area contributed by atoms with Crippen molar-refractivity contribution in [2.75, 3.05) is 6.61 Å². The molecule has 9 nitrogen and oxygen atoms in total. The minimum absolute atomic E-state index is 0.185. The average Bonchev–Trinajstić information content (AvgIpc) is 3.13. The maximum atomic E-state index is 12.9. The standard InChI is InChI=1S/C35H44O9/c1-22-17-29(39-19-26-13-9-7-10-14-26)32(43-25(4)38)34(21-41-23(2)36)30(40-20-27-15-11-8-12-16-27)18-28-31(42-24(3)37)35(22,34)44-33(28,5)6/h7-16,22,28-32H,17-21H2,1-6H3/t22-,28-,29+,30+,31+,32+,34-,35-/m1/s1. The van der Waals surface area contributed by atoms with Gasteiger partial charge in [-0.25, -0.2) is 0 Å². The maximum absolute atomic E-state index is 12.9. The van der Waals surface area contributed by atoms with E-state index in [1.165, 1.54) is 20.8 Å². The molecule has 2 aromatic rings. The summed E-state index contributed by atoms with van der Waals surface area (Å²) in [6.45, 7) is 10.5. The van der Waals surface area contributed by atoms with Gasteiger partial charge in [-0.1, -0.05) is 67.6 Å². The van der Waals surface area contributed by atoms with Gasteiger partial charge in [-0.2, -0.15) is 0 Å². The van der Waals surface area contributed by atoms with E-state index in [4.69, 9.17) is 28.4 Å². The van der Waals surface area contributed by atoms with E-state index in [9.17, 15) is 14.4 Å². The average molecular weight is 609 g/mol. The Bertz CT molecular complexity index is 1330. The normalized spacial score (nSPS) is 33.6. The second kappa shape index (κ2) is 12.6. The Morgan fingerprint density at radius 3 is 1.86 bits per heavy atom. The molecule has 1 aliphatic heterocycles. The number of hydrogen-bond donors (Lipinski definition) is 0. The van der Waals surface area contributed by atoms with Gasteiger partial charge in [-0.15, -0.1) is 0 Å². The topological polar surface area (TPSA) is 107 Å². The Morgan fingerprint density at radius 1 is 0.773 bits per heavy atom. The van der Waals surface area contributed by atoms with Crippen LogP contribution >= 0.6 is 0 Å². The lowest BCUT2D eigenvalue weighted by molar-refractivity contribution is -0.329. The van der Waals surface area contributed by atoms with E-state index >= 15 is 0 Å². The van der Waals surface area contributed by atoms with Crippen molar-refractivity contribution in [2.45, 2.75) is 103 Å². The van der Waals surface area contributed by atoms with Crippen molar-refractivity contribution in [2.24, 2.45) is 17.3 Å². The summed E-state index contributed by atoms with van der Waals surface area (Å²) >= 11 is 0. The summed E-state index contributed by atoms with van der Waals surface area (Å²) in [6.07, 6.45) is -2.01. The van der Waals surface area contributed by atoms with Crippen molar-refractivity contribution >= 4 is 17.9 Å². The number of ether oxygens (including phenoxy) is 6. The Labute approximate surface area is 259 Å². The van der Waals surface area contributed by atoms with Crippen molar-refractivity contribution < 1.29 is 42.8 Å². The molecule has 2 aliphatic carbocycles. The number of rotatable bonds is 10. The van der Waals surface area contributed by atoms with Crippen LogP contribution in [-0.4, -0.2) is 60.1 Å². The van der Waals surface area contributed by atoms with Gasteiger partial charge < -0.3 is 28.4 Å². The maximum Gasteiger partial charge on any atom is 0.303 e. The van der Waals surface area contributed by atoms with E-state index in [2.05, 4.69) is 0 Å². The van der Waals surface area contributed by atoms with Crippen LogP contribution in [0.4, 0.5) is 0 Å². The minimum Gasteiger partial charge on any atom is -0.465 e. The van der Waals surface area contributed by atoms with E-state index < -0.39 is 58.9 Å². The Kier molecular flexibility index (Phi) is 9.21. The van der Waals surface area contributed by atoms with E-state index in [1.807, 2.05) is 81.4 Å². The molecule has 3 fully saturated rings. The Balaban J connectivity index is 1.68. The molecule has 0 radical (unpaired) electrons. The molecule has 0 amide bonds. The first-order chi connectivity index (χ1) is 20.9. The van der Waals surface area contributed by atoms with Crippen LogP contribution in [0.25, 0.3) is 0 Å². The molecule has 1 spiro atoms. The summed E-state index contributed by atoms with van der Waals surface area (Å²) in [5.41, 5.74) is -1.33. The van der Waals surface area contributed by atoms with Crippen LogP contribution in [0.2, 0.25) is 0 Å². The van der Waals surface area contributed by atoms with Crippen LogP contribution in [0, 0.1) is 17.3 Å². The summed E-state index contributed by atoms with van der Waals surface area (Å²) in [5.74, 6) is -1.96. The molecule has 9 heteroatoms. The lowest BCUT2D eigenvalue weighted by atomic mass is 9.47. The highest BCUT2D eigenvalue weighted by molar-refractivity contribution is 5.68. The molecule has 0 N–H and O–H groups in total. The summed E-state index contributed by atoms with van der Waals surface area (Å²) in [7, 11) is 0. The summed E-state index contributed by atoms with van der Waals surface area (Å²) in [5, 5.41) is 0. The van der Waals surface area contributed by atoms with E-state index in [0.717, 1.165) is 11.1 Å². The predicted molar refractivity (Wildman–Crippen MR) is 160 cm³/mol. The molecule has 1 heterocycles. The molecule has 2 bridgehead atoms. The monoisotopic (exact) mass is 608 g/mol. The van der Waals surface area contributed by atoms with Crippen LogP contribution in [0.5, 0.6) is 0 Å². The van der Waals surface area contributed by atoms with Crippen LogP contribution < -0.4 is 0 Å². The summed E-state index contributed by atoms with van der Waals surface area (Å²) in [6, 6.07) is 19.5. The van der Waals surface area contributed by atoms with Crippen molar-refractivity contribution in [1.82, 2.24) is 0 Å². The van der Waals surface area contributed by atoms with Crippen LogP contribution in [0.15, 0.2) is 60.7 Å². The van der Waals surface area contributed by atoms with Gasteiger partial charge >= 0.3 is 17.9 Å². The van der Waals surface area contributed by atoms with Gasteiger partial charge in [0, 0.05) is 26.7 Å². The van der Waals surface area contributed by atoms with Gasteiger partial charge in [-0.3, -0.25) is 14.4 Å². The van der Waals surface area contributed by atoms with E-state index in [1.54, 1.807) is 0 Å². The van der Waals surface area contributed by atoms with Gasteiger partial charge in [-0.05, 0) is 43.7 Å². The van der Waals surface area contributed by atoms with Crippen LogP contribution in [-0.2, 0) is 56.0 Å². The molecule has 8 atom stereocenters. The van der Waals surface area contributed by atoms with Crippen molar-refractivity contribution in [3.05, 3.63) is 71.8 Å². The first-order valence-electron chi connectivity index (χ1n) is 15.4. The van der Waals surface area contributed by atoms with E-state index in [0.29, 0.717) is 12.8 Å². The molecule has 0 aromatic heterocycles. The fourth-order valence-corrected chi connectivity index (χ4v) is 8.05. The van der Waals surface area contributed by atoms with Gasteiger partial charge in [0.25, 0.3) is 0 Å². The quantitative estimate of drug-likeness (QED) is 0.267. The Morgan fingerprint density at radius 2 is 1.32 bits per heavy atom. The second-order valence-electron chi connectivity index (χ2n) is 13.0. The zero-order valence-electron chi connectivity index (χ0n) is 26.4. The third-order valence-electron chi connectivity index (χ3n) is 9.75. The van der Waals surface area contributed by atoms with Gasteiger partial charge in [0.1, 0.15) is 29.8 Å². The third-order valence-corrected chi connectivity index (χ3v) is 9.75. The molecule has 2 aromatic carbocycles. The molecule has 1 saturated heterocycles. The molecule has 44 heavy (non-hydrogen) atoms. The highest BCUT2D eigenvalue weighted by atomic mass is 16.6. The van der Waals surface area contributed by atoms with Gasteiger partial charge in [0.05, 0.1) is 31.0 Å². The first-order valence-corrected chi connectivity index (χ1v) is 15.4. The lowest BCUT2D eigenvalue weighted by Gasteiger charge is -2.64. The smallest absolute Gasteiger partial charge is 0.303 e. The molecule has 2 saturated carbocycles. The largest absolute Gasteiger partial charge is 0.465 e. The molecule has 5 rings (SSSR count). The van der Waals surface area contributed by atoms with Crippen LogP contribution in [0.1, 0.15) is 65.5 Å². The Hall–Kier alpha value is -3.27. The van der Waals surface area contributed by atoms with Crippen molar-refractivity contribution in [1.29, 1.82) is 0 Å². The summed E-state index contributed by atoms with van der Waals surface area (Å²) in [4.78, 5) is 38.1. The fraction of sp³-hybridized carbons (Fsp3) is 0.571. The molecule has 238 valence electrons. The zero-order chi connectivity index (χ0) is 31.7. The predicted octanol–water partition coefficient (Wildman–Crippen LogP) is 5.18. The number of fused-ring (bicyclic) bond motifs is 1. The van der Waals surface area contributed by atoms with Crippen molar-refractivity contribution in [3.8, 4) is 0 Å². The SMILES string of the molecule is CC(=O)OC[C@]12[C@@H](OCc3ccccc3)C[C@@H]3[C@H](OC(C)=O)[C@]1(OC3(C)C)[C@H](C)C[C@H](OCc1ccccc1)[C@@H]2OC(C)=O. The van der Waals surface area contributed by atoms with Gasteiger partial charge in [0.15, 0.2) is 0 Å². The van der Waals surface area contributed by atoms with E-state index in [-0.39, 0.29) is 31.7 Å². The van der Waals surface area contributed by atoms with Crippen LogP contribution in [0.3, 0.4) is 0 Å². The molecular weight excluding hydrogens is 564 g/mol. The lowest BCUT2D eigenvalue weighted by Crippen LogP contribution is -2.78. The first kappa shape index (κ1) is 32.1. The highest BCUT2D eigenvalue weighted by Gasteiger charge is 2.82.